The molecule has 1 rings (SSSR count). The van der Waals surface area contributed by atoms with Gasteiger partial charge in [0.2, 0.25) is 5.60 Å². The smallest absolute Gasteiger partial charge is 0.349 e. The molecule has 0 aliphatic rings. The van der Waals surface area contributed by atoms with Crippen LogP contribution >= 0.6 is 11.6 Å². The molecule has 0 heterocycles. The molecule has 0 saturated carbocycles. The Kier molecular flexibility index (Phi) is 5.48. The number of hydrogen-bond donors (Lipinski definition) is 0. The monoisotopic (exact) mass is 293 g/mol. The zero-order chi connectivity index (χ0) is 15.2. The highest BCUT2D eigenvalue weighted by Crippen LogP contribution is 2.26. The molecule has 0 bridgehead atoms. The van der Waals surface area contributed by atoms with Gasteiger partial charge in [0.05, 0.1) is 7.11 Å². The maximum atomic E-state index is 11.6. The van der Waals surface area contributed by atoms with Crippen molar-refractivity contribution in [2.75, 3.05) is 14.2 Å². The zero-order valence-corrected chi connectivity index (χ0v) is 11.7. The van der Waals surface area contributed by atoms with Crippen LogP contribution in [0.4, 0.5) is 0 Å². The normalized spacial score (nSPS) is 12.7. The third kappa shape index (κ3) is 3.25. The fourth-order valence-electron chi connectivity index (χ4n) is 1.73. The topological polar surface area (TPSA) is 76.4 Å². The average Bonchev–Trinajstić information content (AvgIpc) is 2.46. The fourth-order valence-corrected chi connectivity index (χ4v) is 1.94. The molecule has 1 atom stereocenters. The van der Waals surface area contributed by atoms with Gasteiger partial charge in [0.1, 0.15) is 12.0 Å². The Balaban J connectivity index is 3.26. The second-order valence-electron chi connectivity index (χ2n) is 3.92. The summed E-state index contributed by atoms with van der Waals surface area (Å²) in [6.07, 6.45) is -0.0275. The molecule has 1 aromatic carbocycles. The first-order chi connectivity index (χ1) is 9.52. The maximum Gasteiger partial charge on any atom is 0.349 e. The number of benzene rings is 1. The van der Waals surface area contributed by atoms with Crippen LogP contribution in [0, 0.1) is 11.3 Å². The Morgan fingerprint density at radius 3 is 2.60 bits per heavy atom. The molecule has 1 aromatic rings. The molecule has 0 N–H and O–H groups in total. The third-order valence-electron chi connectivity index (χ3n) is 2.77. The number of hydrogen-bond acceptors (Lipinski definition) is 5. The number of esters is 1. The van der Waals surface area contributed by atoms with E-state index in [2.05, 4.69) is 4.74 Å². The second-order valence-corrected chi connectivity index (χ2v) is 4.35. The molecule has 0 aliphatic heterocycles. The minimum Gasteiger partial charge on any atom is -0.465 e. The van der Waals surface area contributed by atoms with E-state index in [1.54, 1.807) is 24.3 Å². The van der Waals surface area contributed by atoms with Crippen LogP contribution < -0.4 is 0 Å². The van der Waals surface area contributed by atoms with Crippen molar-refractivity contribution in [3.63, 3.8) is 0 Å². The van der Waals surface area contributed by atoms with E-state index in [-0.39, 0.29) is 6.42 Å². The van der Waals surface area contributed by atoms with Crippen LogP contribution in [0.15, 0.2) is 29.8 Å². The number of halogens is 1. The number of carbonyl (C=O) groups excluding carboxylic acids is 2. The number of methoxy groups -OCH3 is 2. The van der Waals surface area contributed by atoms with Crippen LogP contribution in [0.25, 0.3) is 0 Å². The van der Waals surface area contributed by atoms with Crippen LogP contribution in [-0.4, -0.2) is 31.7 Å². The Morgan fingerprint density at radius 2 is 2.15 bits per heavy atom. The van der Waals surface area contributed by atoms with Gasteiger partial charge in [-0.2, -0.15) is 5.26 Å². The molecule has 5 nitrogen and oxygen atoms in total. The summed E-state index contributed by atoms with van der Waals surface area (Å²) >= 11 is 5.86. The molecule has 1 unspecified atom stereocenters. The first-order valence-electron chi connectivity index (χ1n) is 5.57. The first-order valence-corrected chi connectivity index (χ1v) is 5.95. The fraction of sp³-hybridized carbons (Fsp3) is 0.286. The van der Waals surface area contributed by atoms with E-state index in [1.807, 2.05) is 6.07 Å². The van der Waals surface area contributed by atoms with Gasteiger partial charge in [0.15, 0.2) is 5.57 Å². The molecule has 104 valence electrons. The van der Waals surface area contributed by atoms with Gasteiger partial charge in [0.25, 0.3) is 0 Å². The highest BCUT2D eigenvalue weighted by atomic mass is 35.5. The van der Waals surface area contributed by atoms with Gasteiger partial charge in [-0.3, -0.25) is 0 Å². The number of rotatable bonds is 5. The Morgan fingerprint density at radius 1 is 1.45 bits per heavy atom. The summed E-state index contributed by atoms with van der Waals surface area (Å²) in [5.41, 5.74) is -1.64. The lowest BCUT2D eigenvalue weighted by molar-refractivity contribution is -0.138. The number of nitrogens with zero attached hydrogens (tertiary/aromatic N) is 1. The molecular weight excluding hydrogens is 282 g/mol. The van der Waals surface area contributed by atoms with Crippen molar-refractivity contribution in [1.29, 1.82) is 5.26 Å². The predicted molar refractivity (Wildman–Crippen MR) is 71.7 cm³/mol. The standard InChI is InChI=1S/C14H12ClNO4/c1-19-13(18)12(8-17)14(9-16,20-2)7-10-4-3-5-11(15)6-10/h3-6H,7H2,1-2H3. The van der Waals surface area contributed by atoms with Gasteiger partial charge >= 0.3 is 5.97 Å². The lowest BCUT2D eigenvalue weighted by Gasteiger charge is -2.24. The Hall–Kier alpha value is -2.12. The van der Waals surface area contributed by atoms with Crippen LogP contribution in [0.3, 0.4) is 0 Å². The number of ether oxygens (including phenoxy) is 2. The first kappa shape index (κ1) is 15.9. The summed E-state index contributed by atoms with van der Waals surface area (Å²) < 4.78 is 9.58. The van der Waals surface area contributed by atoms with Gasteiger partial charge in [-0.25, -0.2) is 9.59 Å². The van der Waals surface area contributed by atoms with Crippen molar-refractivity contribution in [3.05, 3.63) is 40.4 Å². The second kappa shape index (κ2) is 6.88. The Labute approximate surface area is 121 Å². The largest absolute Gasteiger partial charge is 0.465 e. The van der Waals surface area contributed by atoms with Crippen LogP contribution in [-0.2, 0) is 25.5 Å². The average molecular weight is 294 g/mol. The van der Waals surface area contributed by atoms with Crippen molar-refractivity contribution in [1.82, 2.24) is 0 Å². The molecule has 0 spiro atoms. The molecular formula is C14H12ClNO4. The molecule has 0 aliphatic carbocycles. The van der Waals surface area contributed by atoms with E-state index in [0.29, 0.717) is 10.6 Å². The lowest BCUT2D eigenvalue weighted by atomic mass is 9.88. The summed E-state index contributed by atoms with van der Waals surface area (Å²) in [5.74, 6) is 0.489. The summed E-state index contributed by atoms with van der Waals surface area (Å²) in [6, 6.07) is 8.52. The van der Waals surface area contributed by atoms with Crippen LogP contribution in [0.2, 0.25) is 5.02 Å². The predicted octanol–water partition coefficient (Wildman–Crippen LogP) is 1.72. The summed E-state index contributed by atoms with van der Waals surface area (Å²) in [7, 11) is 2.34. The zero-order valence-electron chi connectivity index (χ0n) is 11.0. The van der Waals surface area contributed by atoms with Crippen molar-refractivity contribution < 1.29 is 19.1 Å². The van der Waals surface area contributed by atoms with Crippen molar-refractivity contribution in [2.24, 2.45) is 0 Å². The molecule has 6 heteroatoms. The van der Waals surface area contributed by atoms with Gasteiger partial charge in [0, 0.05) is 18.6 Å². The Bertz CT molecular complexity index is 601. The lowest BCUT2D eigenvalue weighted by Crippen LogP contribution is -2.39. The molecule has 0 amide bonds. The summed E-state index contributed by atoms with van der Waals surface area (Å²) in [5, 5.41) is 9.81. The van der Waals surface area contributed by atoms with Gasteiger partial charge < -0.3 is 9.47 Å². The highest BCUT2D eigenvalue weighted by Gasteiger charge is 2.41. The van der Waals surface area contributed by atoms with E-state index < -0.39 is 17.1 Å². The third-order valence-corrected chi connectivity index (χ3v) is 3.00. The van der Waals surface area contributed by atoms with E-state index in [9.17, 15) is 14.9 Å². The molecule has 0 fully saturated rings. The van der Waals surface area contributed by atoms with Crippen molar-refractivity contribution >= 4 is 23.5 Å². The van der Waals surface area contributed by atoms with Gasteiger partial charge in [-0.1, -0.05) is 23.7 Å². The van der Waals surface area contributed by atoms with Gasteiger partial charge in [-0.05, 0) is 17.7 Å². The summed E-state index contributed by atoms with van der Waals surface area (Å²) in [6.45, 7) is 0. The SMILES string of the molecule is COC(=O)C(=C=O)C(C#N)(Cc1cccc(Cl)c1)OC. The maximum absolute atomic E-state index is 11.6. The van der Waals surface area contributed by atoms with Crippen LogP contribution in [0.1, 0.15) is 5.56 Å². The van der Waals surface area contributed by atoms with E-state index in [4.69, 9.17) is 16.3 Å². The molecule has 0 radical (unpaired) electrons. The highest BCUT2D eigenvalue weighted by molar-refractivity contribution is 6.30. The number of carbonyl (C=O) groups is 1. The van der Waals surface area contributed by atoms with Crippen LogP contribution in [0.5, 0.6) is 0 Å². The van der Waals surface area contributed by atoms with Crippen molar-refractivity contribution in [3.8, 4) is 6.07 Å². The van der Waals surface area contributed by atoms with E-state index in [1.165, 1.54) is 13.1 Å². The van der Waals surface area contributed by atoms with Gasteiger partial charge in [-0.15, -0.1) is 0 Å². The van der Waals surface area contributed by atoms with Crippen molar-refractivity contribution in [2.45, 2.75) is 12.0 Å². The van der Waals surface area contributed by atoms with E-state index >= 15 is 0 Å². The number of nitriles is 1. The minimum atomic E-state index is -1.76. The molecule has 0 saturated heterocycles. The molecule has 0 aromatic heterocycles. The van der Waals surface area contributed by atoms with E-state index in [0.717, 1.165) is 7.11 Å². The quantitative estimate of drug-likeness (QED) is 0.469. The summed E-state index contributed by atoms with van der Waals surface area (Å²) in [4.78, 5) is 22.6. The minimum absolute atomic E-state index is 0.0275. The molecule has 20 heavy (non-hydrogen) atoms.